The van der Waals surface area contributed by atoms with E-state index < -0.39 is 25.4 Å². The molecule has 0 saturated carbocycles. The van der Waals surface area contributed by atoms with Crippen molar-refractivity contribution in [3.05, 3.63) is 12.1 Å². The molecule has 0 unspecified atom stereocenters. The van der Waals surface area contributed by atoms with Gasteiger partial charge in [-0.15, -0.1) is 11.3 Å². The van der Waals surface area contributed by atoms with Crippen molar-refractivity contribution in [2.75, 3.05) is 12.9 Å². The molecule has 7 nitrogen and oxygen atoms in total. The SMILES string of the molecule is CCOc1ccc2sc(S(C)(=O)=O)nc2c1S(=O)(=O)NC(C)(C)C. The van der Waals surface area contributed by atoms with Gasteiger partial charge in [-0.2, -0.15) is 0 Å². The third-order valence-electron chi connectivity index (χ3n) is 2.79. The van der Waals surface area contributed by atoms with E-state index in [-0.39, 0.29) is 27.1 Å². The van der Waals surface area contributed by atoms with E-state index >= 15 is 0 Å². The maximum Gasteiger partial charge on any atom is 0.246 e. The van der Waals surface area contributed by atoms with Crippen LogP contribution in [0.25, 0.3) is 10.2 Å². The second kappa shape index (κ2) is 6.25. The van der Waals surface area contributed by atoms with Crippen molar-refractivity contribution in [1.29, 1.82) is 0 Å². The maximum atomic E-state index is 12.8. The van der Waals surface area contributed by atoms with Crippen LogP contribution < -0.4 is 9.46 Å². The minimum Gasteiger partial charge on any atom is -0.492 e. The number of rotatable bonds is 5. The van der Waals surface area contributed by atoms with Crippen LogP contribution in [0.15, 0.2) is 21.4 Å². The summed E-state index contributed by atoms with van der Waals surface area (Å²) in [5.74, 6) is 0.145. The highest BCUT2D eigenvalue weighted by molar-refractivity contribution is 7.92. The quantitative estimate of drug-likeness (QED) is 0.837. The first kappa shape index (κ1) is 19.1. The number of sulfone groups is 1. The van der Waals surface area contributed by atoms with Gasteiger partial charge in [0, 0.05) is 11.8 Å². The molecular weight excluding hydrogens is 372 g/mol. The summed E-state index contributed by atoms with van der Waals surface area (Å²) < 4.78 is 57.5. The van der Waals surface area contributed by atoms with Gasteiger partial charge in [0.05, 0.1) is 11.3 Å². The van der Waals surface area contributed by atoms with Gasteiger partial charge in [0.25, 0.3) is 0 Å². The lowest BCUT2D eigenvalue weighted by Crippen LogP contribution is -2.40. The molecule has 1 heterocycles. The smallest absolute Gasteiger partial charge is 0.246 e. The van der Waals surface area contributed by atoms with E-state index in [0.717, 1.165) is 17.6 Å². The molecule has 0 fully saturated rings. The van der Waals surface area contributed by atoms with Gasteiger partial charge < -0.3 is 4.74 Å². The second-order valence-corrected chi connectivity index (χ2v) is 11.1. The summed E-state index contributed by atoms with van der Waals surface area (Å²) in [6, 6.07) is 3.13. The van der Waals surface area contributed by atoms with Crippen LogP contribution in [0.2, 0.25) is 0 Å². The average molecular weight is 393 g/mol. The Kier molecular flexibility index (Phi) is 4.97. The summed E-state index contributed by atoms with van der Waals surface area (Å²) in [6.07, 6.45) is 1.04. The molecule has 1 aromatic heterocycles. The Morgan fingerprint density at radius 3 is 2.33 bits per heavy atom. The number of hydrogen-bond donors (Lipinski definition) is 1. The van der Waals surface area contributed by atoms with Gasteiger partial charge in [0.2, 0.25) is 24.2 Å². The Morgan fingerprint density at radius 2 is 1.83 bits per heavy atom. The fourth-order valence-electron chi connectivity index (χ4n) is 2.07. The van der Waals surface area contributed by atoms with Crippen LogP contribution in [0.3, 0.4) is 0 Å². The number of fused-ring (bicyclic) bond motifs is 1. The third kappa shape index (κ3) is 4.05. The molecule has 0 saturated heterocycles. The molecule has 0 spiro atoms. The number of hydrogen-bond acceptors (Lipinski definition) is 7. The first-order valence-electron chi connectivity index (χ1n) is 7.15. The molecule has 10 heteroatoms. The molecule has 2 aromatic rings. The van der Waals surface area contributed by atoms with Crippen molar-refractivity contribution in [2.24, 2.45) is 0 Å². The monoisotopic (exact) mass is 392 g/mol. The summed E-state index contributed by atoms with van der Waals surface area (Å²) in [6.45, 7) is 7.16. The standard InChI is InChI=1S/C14H20N2O5S3/c1-6-21-9-7-8-10-11(15-13(22-10)23(5,17)18)12(9)24(19,20)16-14(2,3)4/h7-8,16H,6H2,1-5H3. The van der Waals surface area contributed by atoms with Gasteiger partial charge >= 0.3 is 0 Å². The van der Waals surface area contributed by atoms with E-state index in [1.807, 2.05) is 0 Å². The van der Waals surface area contributed by atoms with E-state index in [1.165, 1.54) is 6.07 Å². The van der Waals surface area contributed by atoms with Crippen molar-refractivity contribution in [3.63, 3.8) is 0 Å². The minimum absolute atomic E-state index is 0.100. The number of ether oxygens (including phenoxy) is 1. The summed E-state index contributed by atoms with van der Waals surface area (Å²) in [7, 11) is -7.49. The van der Waals surface area contributed by atoms with Crippen LogP contribution in [-0.4, -0.2) is 40.2 Å². The highest BCUT2D eigenvalue weighted by atomic mass is 32.2. The number of sulfonamides is 1. The predicted molar refractivity (Wildman–Crippen MR) is 94.0 cm³/mol. The highest BCUT2D eigenvalue weighted by Crippen LogP contribution is 2.36. The van der Waals surface area contributed by atoms with Crippen LogP contribution in [0.4, 0.5) is 0 Å². The zero-order chi connectivity index (χ0) is 18.3. The first-order chi connectivity index (χ1) is 10.8. The van der Waals surface area contributed by atoms with Gasteiger partial charge in [0.15, 0.2) is 4.90 Å². The number of nitrogens with zero attached hydrogens (tertiary/aromatic N) is 1. The van der Waals surface area contributed by atoms with E-state index in [1.54, 1.807) is 33.8 Å². The van der Waals surface area contributed by atoms with E-state index in [4.69, 9.17) is 4.74 Å². The Balaban J connectivity index is 2.81. The highest BCUT2D eigenvalue weighted by Gasteiger charge is 2.30. The molecule has 0 bridgehead atoms. The zero-order valence-corrected chi connectivity index (χ0v) is 16.5. The summed E-state index contributed by atoms with van der Waals surface area (Å²) >= 11 is 0.932. The van der Waals surface area contributed by atoms with Crippen molar-refractivity contribution < 1.29 is 21.6 Å². The lowest BCUT2D eigenvalue weighted by atomic mass is 10.1. The molecule has 0 aliphatic heterocycles. The number of aromatic nitrogens is 1. The maximum absolute atomic E-state index is 12.8. The fourth-order valence-corrected chi connectivity index (χ4v) is 5.68. The van der Waals surface area contributed by atoms with Crippen molar-refractivity contribution in [2.45, 2.75) is 42.5 Å². The molecule has 2 rings (SSSR count). The van der Waals surface area contributed by atoms with Gasteiger partial charge in [0.1, 0.15) is 11.3 Å². The van der Waals surface area contributed by atoms with E-state index in [2.05, 4.69) is 9.71 Å². The predicted octanol–water partition coefficient (Wildman–Crippen LogP) is 2.18. The molecule has 0 radical (unpaired) electrons. The minimum atomic E-state index is -3.96. The zero-order valence-electron chi connectivity index (χ0n) is 14.1. The Morgan fingerprint density at radius 1 is 1.21 bits per heavy atom. The van der Waals surface area contributed by atoms with Crippen LogP contribution in [0, 0.1) is 0 Å². The second-order valence-electron chi connectivity index (χ2n) is 6.28. The molecule has 0 atom stereocenters. The molecule has 0 aliphatic rings. The Labute approximate surface area is 146 Å². The van der Waals surface area contributed by atoms with Crippen molar-refractivity contribution >= 4 is 41.4 Å². The first-order valence-corrected chi connectivity index (χ1v) is 11.3. The van der Waals surface area contributed by atoms with Crippen LogP contribution in [-0.2, 0) is 19.9 Å². The number of benzene rings is 1. The molecule has 134 valence electrons. The summed E-state index contributed by atoms with van der Waals surface area (Å²) in [4.78, 5) is 3.92. The average Bonchev–Trinajstić information content (AvgIpc) is 2.79. The van der Waals surface area contributed by atoms with Crippen molar-refractivity contribution in [1.82, 2.24) is 9.71 Å². The molecule has 0 amide bonds. The topological polar surface area (TPSA) is 102 Å². The van der Waals surface area contributed by atoms with Gasteiger partial charge in [-0.3, -0.25) is 0 Å². The van der Waals surface area contributed by atoms with Gasteiger partial charge in [-0.25, -0.2) is 26.5 Å². The molecule has 1 N–H and O–H groups in total. The fraction of sp³-hybridized carbons (Fsp3) is 0.500. The third-order valence-corrected chi connectivity index (χ3v) is 7.30. The van der Waals surface area contributed by atoms with Gasteiger partial charge in [-0.1, -0.05) is 0 Å². The lowest BCUT2D eigenvalue weighted by molar-refractivity contribution is 0.331. The van der Waals surface area contributed by atoms with E-state index in [9.17, 15) is 16.8 Å². The lowest BCUT2D eigenvalue weighted by Gasteiger charge is -2.21. The Bertz CT molecular complexity index is 970. The Hall–Kier alpha value is -1.23. The summed E-state index contributed by atoms with van der Waals surface area (Å²) in [5.41, 5.74) is -0.608. The van der Waals surface area contributed by atoms with Gasteiger partial charge in [-0.05, 0) is 39.8 Å². The summed E-state index contributed by atoms with van der Waals surface area (Å²) in [5, 5.41) is 0. The molecular formula is C14H20N2O5S3. The van der Waals surface area contributed by atoms with Crippen molar-refractivity contribution in [3.8, 4) is 5.75 Å². The van der Waals surface area contributed by atoms with Crippen LogP contribution in [0.5, 0.6) is 5.75 Å². The molecule has 0 aliphatic carbocycles. The molecule has 1 aromatic carbocycles. The van der Waals surface area contributed by atoms with E-state index in [0.29, 0.717) is 4.70 Å². The number of thiazole rings is 1. The van der Waals surface area contributed by atoms with Crippen LogP contribution >= 0.6 is 11.3 Å². The largest absolute Gasteiger partial charge is 0.492 e. The normalized spacial score (nSPS) is 13.4. The number of nitrogens with one attached hydrogen (secondary N) is 1. The molecule has 24 heavy (non-hydrogen) atoms. The van der Waals surface area contributed by atoms with Crippen LogP contribution in [0.1, 0.15) is 27.7 Å².